The van der Waals surface area contributed by atoms with Crippen molar-refractivity contribution in [3.8, 4) is 0 Å². The third-order valence-corrected chi connectivity index (χ3v) is 1.56. The number of rotatable bonds is 1. The fourth-order valence-corrected chi connectivity index (χ4v) is 0.854. The van der Waals surface area contributed by atoms with Gasteiger partial charge in [-0.15, -0.1) is 0 Å². The first-order chi connectivity index (χ1) is 5.13. The van der Waals surface area contributed by atoms with E-state index in [4.69, 9.17) is 17.3 Å². The molecule has 0 aromatic heterocycles. The molecular weight excluding hydrogens is 168 g/mol. The van der Waals surface area contributed by atoms with Gasteiger partial charge in [-0.1, -0.05) is 17.7 Å². The molecule has 2 N–H and O–H groups in total. The molecule has 0 aliphatic carbocycles. The van der Waals surface area contributed by atoms with Crippen LogP contribution in [0.25, 0.3) is 0 Å². The van der Waals surface area contributed by atoms with Crippen molar-refractivity contribution in [2.75, 3.05) is 5.73 Å². The monoisotopic (exact) mass is 172 g/mol. The van der Waals surface area contributed by atoms with Gasteiger partial charge in [-0.25, -0.2) is 0 Å². The van der Waals surface area contributed by atoms with Gasteiger partial charge in [-0.05, 0) is 6.07 Å². The highest BCUT2D eigenvalue weighted by Gasteiger charge is 2.11. The van der Waals surface area contributed by atoms with Gasteiger partial charge in [0.25, 0.3) is 5.69 Å². The van der Waals surface area contributed by atoms with E-state index < -0.39 is 4.92 Å². The van der Waals surface area contributed by atoms with Crippen molar-refractivity contribution in [3.63, 3.8) is 0 Å². The fourth-order valence-electron chi connectivity index (χ4n) is 0.685. The van der Waals surface area contributed by atoms with Gasteiger partial charge in [0.15, 0.2) is 0 Å². The lowest BCUT2D eigenvalue weighted by atomic mass is 10.3. The molecule has 0 aliphatic rings. The maximum atomic E-state index is 10.2. The Kier molecular flexibility index (Phi) is 1.96. The molecule has 0 aliphatic heterocycles. The van der Waals surface area contributed by atoms with Crippen LogP contribution >= 0.6 is 11.6 Å². The van der Waals surface area contributed by atoms with Crippen LogP contribution in [0.3, 0.4) is 0 Å². The number of nitro benzene ring substituents is 1. The maximum absolute atomic E-state index is 10.2. The Morgan fingerprint density at radius 1 is 1.55 bits per heavy atom. The normalized spacial score (nSPS) is 9.55. The number of halogens is 1. The second-order valence-electron chi connectivity index (χ2n) is 1.93. The molecule has 1 aromatic rings. The minimum absolute atomic E-state index is 0.0131. The number of nitrogens with zero attached hydrogens (tertiary/aromatic N) is 1. The molecule has 1 rings (SSSR count). The summed E-state index contributed by atoms with van der Waals surface area (Å²) in [5.74, 6) is 0. The van der Waals surface area contributed by atoms with Crippen LogP contribution in [0.2, 0.25) is 5.02 Å². The minimum Gasteiger partial charge on any atom is -0.392 e. The lowest BCUT2D eigenvalue weighted by Gasteiger charge is -1.96. The first-order valence-electron chi connectivity index (χ1n) is 2.81. The molecule has 0 heterocycles. The summed E-state index contributed by atoms with van der Waals surface area (Å²) < 4.78 is 0. The van der Waals surface area contributed by atoms with Crippen LogP contribution in [0.5, 0.6) is 0 Å². The molecular formula is C6H5ClN2O2. The van der Waals surface area contributed by atoms with Crippen molar-refractivity contribution in [1.82, 2.24) is 0 Å². The molecule has 0 saturated heterocycles. The molecule has 58 valence electrons. The van der Waals surface area contributed by atoms with E-state index in [1.54, 1.807) is 0 Å². The molecule has 5 heteroatoms. The fraction of sp³-hybridized carbons (Fsp3) is 0. The molecule has 0 fully saturated rings. The highest BCUT2D eigenvalue weighted by atomic mass is 35.5. The molecule has 0 bridgehead atoms. The van der Waals surface area contributed by atoms with Crippen LogP contribution < -0.4 is 5.73 Å². The predicted molar refractivity (Wildman–Crippen MR) is 42.5 cm³/mol. The largest absolute Gasteiger partial charge is 0.392 e. The molecule has 11 heavy (non-hydrogen) atoms. The van der Waals surface area contributed by atoms with Crippen molar-refractivity contribution in [3.05, 3.63) is 33.3 Å². The summed E-state index contributed by atoms with van der Waals surface area (Å²) in [5.41, 5.74) is 5.17. The highest BCUT2D eigenvalue weighted by Crippen LogP contribution is 2.27. The minimum atomic E-state index is -0.568. The number of anilines is 1. The van der Waals surface area contributed by atoms with Crippen LogP contribution in [0.15, 0.2) is 18.2 Å². The van der Waals surface area contributed by atoms with Gasteiger partial charge >= 0.3 is 0 Å². The van der Waals surface area contributed by atoms with Gasteiger partial charge in [0, 0.05) is 6.07 Å². The zero-order valence-corrected chi connectivity index (χ0v) is 6.21. The Hall–Kier alpha value is -1.29. The van der Waals surface area contributed by atoms with E-state index >= 15 is 0 Å². The van der Waals surface area contributed by atoms with E-state index in [9.17, 15) is 10.1 Å². The molecule has 0 atom stereocenters. The third-order valence-electron chi connectivity index (χ3n) is 1.23. The van der Waals surface area contributed by atoms with Crippen LogP contribution in [-0.2, 0) is 0 Å². The average Bonchev–Trinajstić information content (AvgIpc) is 1.94. The smallest absolute Gasteiger partial charge is 0.293 e. The Morgan fingerprint density at radius 3 is 2.64 bits per heavy atom. The van der Waals surface area contributed by atoms with Crippen LogP contribution in [0.1, 0.15) is 0 Å². The van der Waals surface area contributed by atoms with Gasteiger partial charge in [0.2, 0.25) is 0 Å². The number of nitrogens with two attached hydrogens (primary N) is 1. The van der Waals surface area contributed by atoms with Crippen molar-refractivity contribution in [1.29, 1.82) is 0 Å². The van der Waals surface area contributed by atoms with E-state index in [1.165, 1.54) is 18.2 Å². The van der Waals surface area contributed by atoms with E-state index in [2.05, 4.69) is 0 Å². The summed E-state index contributed by atoms with van der Waals surface area (Å²) >= 11 is 5.53. The second-order valence-corrected chi connectivity index (χ2v) is 2.34. The third kappa shape index (κ3) is 1.40. The first-order valence-corrected chi connectivity index (χ1v) is 3.19. The lowest BCUT2D eigenvalue weighted by molar-refractivity contribution is -0.383. The van der Waals surface area contributed by atoms with Gasteiger partial charge in [0.05, 0.1) is 9.95 Å². The van der Waals surface area contributed by atoms with Crippen molar-refractivity contribution in [2.24, 2.45) is 0 Å². The Labute approximate surface area is 67.7 Å². The second kappa shape index (κ2) is 2.75. The van der Waals surface area contributed by atoms with Gasteiger partial charge in [-0.2, -0.15) is 0 Å². The molecule has 4 nitrogen and oxygen atoms in total. The maximum Gasteiger partial charge on any atom is 0.293 e. The Morgan fingerprint density at radius 2 is 2.18 bits per heavy atom. The zero-order chi connectivity index (χ0) is 8.43. The standard InChI is InChI=1S/C6H5ClN2O2/c7-4-2-1-3-5(6(4)8)9(10)11/h1-3H,8H2. The van der Waals surface area contributed by atoms with Gasteiger partial charge in [0.1, 0.15) is 5.69 Å². The van der Waals surface area contributed by atoms with Gasteiger partial charge in [-0.3, -0.25) is 10.1 Å². The van der Waals surface area contributed by atoms with Crippen molar-refractivity contribution in [2.45, 2.75) is 0 Å². The number of nitrogen functional groups attached to an aromatic ring is 1. The molecule has 0 saturated carbocycles. The number of nitro groups is 1. The molecule has 0 unspecified atom stereocenters. The molecule has 1 aromatic carbocycles. The quantitative estimate of drug-likeness (QED) is 0.399. The Balaban J connectivity index is 3.27. The summed E-state index contributed by atoms with van der Waals surface area (Å²) in [4.78, 5) is 9.67. The molecule has 0 radical (unpaired) electrons. The first kappa shape index (κ1) is 7.81. The van der Waals surface area contributed by atoms with E-state index in [1.807, 2.05) is 0 Å². The topological polar surface area (TPSA) is 69.2 Å². The number of benzene rings is 1. The summed E-state index contributed by atoms with van der Waals surface area (Å²) in [7, 11) is 0. The number of hydrogen-bond acceptors (Lipinski definition) is 3. The van der Waals surface area contributed by atoms with Gasteiger partial charge < -0.3 is 5.73 Å². The number of hydrogen-bond donors (Lipinski definition) is 1. The van der Waals surface area contributed by atoms with E-state index in [0.717, 1.165) is 0 Å². The average molecular weight is 173 g/mol. The van der Waals surface area contributed by atoms with Crippen molar-refractivity contribution < 1.29 is 4.92 Å². The van der Waals surface area contributed by atoms with Crippen LogP contribution in [-0.4, -0.2) is 4.92 Å². The predicted octanol–water partition coefficient (Wildman–Crippen LogP) is 1.83. The SMILES string of the molecule is Nc1c(Cl)cccc1[N+](=O)[O-]. The highest BCUT2D eigenvalue weighted by molar-refractivity contribution is 6.33. The molecule has 0 spiro atoms. The number of para-hydroxylation sites is 1. The Bertz CT molecular complexity index is 301. The van der Waals surface area contributed by atoms with Crippen molar-refractivity contribution >= 4 is 23.0 Å². The van der Waals surface area contributed by atoms with E-state index in [0.29, 0.717) is 0 Å². The van der Waals surface area contributed by atoms with E-state index in [-0.39, 0.29) is 16.4 Å². The summed E-state index contributed by atoms with van der Waals surface area (Å²) in [5, 5.41) is 10.4. The molecule has 0 amide bonds. The summed E-state index contributed by atoms with van der Waals surface area (Å²) in [6.07, 6.45) is 0. The zero-order valence-electron chi connectivity index (χ0n) is 5.45. The summed E-state index contributed by atoms with van der Waals surface area (Å²) in [6.45, 7) is 0. The van der Waals surface area contributed by atoms with Crippen LogP contribution in [0, 0.1) is 10.1 Å². The lowest BCUT2D eigenvalue weighted by Crippen LogP contribution is -1.95. The summed E-state index contributed by atoms with van der Waals surface area (Å²) in [6, 6.07) is 4.29. The van der Waals surface area contributed by atoms with Crippen LogP contribution in [0.4, 0.5) is 11.4 Å².